The van der Waals surface area contributed by atoms with Crippen LogP contribution in [0.1, 0.15) is 56.1 Å². The van der Waals surface area contributed by atoms with E-state index in [0.717, 1.165) is 51.6 Å². The van der Waals surface area contributed by atoms with Crippen molar-refractivity contribution in [3.63, 3.8) is 0 Å². The lowest BCUT2D eigenvalue weighted by atomic mass is 9.67. The van der Waals surface area contributed by atoms with Crippen LogP contribution >= 0.6 is 12.4 Å². The molecule has 3 rings (SSSR count). The lowest BCUT2D eigenvalue weighted by Gasteiger charge is -2.42. The molecule has 23 heavy (non-hydrogen) atoms. The first kappa shape index (κ1) is 18.3. The summed E-state index contributed by atoms with van der Waals surface area (Å²) in [6, 6.07) is 8.74. The maximum atomic E-state index is 13.4. The molecule has 1 aliphatic carbocycles. The van der Waals surface area contributed by atoms with Gasteiger partial charge in [-0.2, -0.15) is 0 Å². The van der Waals surface area contributed by atoms with Gasteiger partial charge in [0, 0.05) is 19.1 Å². The molecule has 1 aromatic rings. The number of benzene rings is 1. The molecule has 0 aromatic heterocycles. The van der Waals surface area contributed by atoms with Crippen molar-refractivity contribution in [2.24, 2.45) is 5.73 Å². The first-order chi connectivity index (χ1) is 10.6. The summed E-state index contributed by atoms with van der Waals surface area (Å²) in [6.45, 7) is 3.80. The predicted octanol–water partition coefficient (Wildman–Crippen LogP) is 3.57. The highest BCUT2D eigenvalue weighted by Gasteiger charge is 2.44. The molecule has 2 fully saturated rings. The number of nitrogens with two attached hydrogens (primary N) is 1. The number of rotatable bonds is 2. The molecule has 1 heterocycles. The monoisotopic (exact) mass is 336 g/mol. The Hall–Kier alpha value is -1.06. The van der Waals surface area contributed by atoms with Gasteiger partial charge in [0.25, 0.3) is 0 Å². The summed E-state index contributed by atoms with van der Waals surface area (Å²) >= 11 is 0. The van der Waals surface area contributed by atoms with Crippen LogP contribution in [0.3, 0.4) is 0 Å². The molecule has 3 nitrogen and oxygen atoms in total. The van der Waals surface area contributed by atoms with E-state index >= 15 is 0 Å². The zero-order chi connectivity index (χ0) is 15.6. The number of amides is 1. The second-order valence-corrected chi connectivity index (χ2v) is 7.09. The van der Waals surface area contributed by atoms with Crippen LogP contribution in [0, 0.1) is 6.92 Å². The molecule has 0 spiro atoms. The molecule has 4 heteroatoms. The first-order valence-electron chi connectivity index (χ1n) is 8.74. The van der Waals surface area contributed by atoms with Crippen LogP contribution in [-0.4, -0.2) is 29.9 Å². The maximum Gasteiger partial charge on any atom is 0.233 e. The molecule has 1 aliphatic heterocycles. The zero-order valence-electron chi connectivity index (χ0n) is 14.1. The highest BCUT2D eigenvalue weighted by atomic mass is 35.5. The molecule has 128 valence electrons. The fraction of sp³-hybridized carbons (Fsp3) is 0.632. The van der Waals surface area contributed by atoms with Crippen molar-refractivity contribution in [3.8, 4) is 0 Å². The fourth-order valence-electron chi connectivity index (χ4n) is 4.27. The number of hydrogen-bond acceptors (Lipinski definition) is 2. The Morgan fingerprint density at radius 2 is 1.74 bits per heavy atom. The molecule has 0 bridgehead atoms. The van der Waals surface area contributed by atoms with Gasteiger partial charge in [0.2, 0.25) is 5.91 Å². The van der Waals surface area contributed by atoms with Gasteiger partial charge in [-0.25, -0.2) is 0 Å². The molecule has 1 saturated carbocycles. The van der Waals surface area contributed by atoms with Crippen molar-refractivity contribution in [1.82, 2.24) is 4.90 Å². The summed E-state index contributed by atoms with van der Waals surface area (Å²) in [4.78, 5) is 15.5. The average Bonchev–Trinajstić information content (AvgIpc) is 2.56. The second-order valence-electron chi connectivity index (χ2n) is 7.09. The minimum Gasteiger partial charge on any atom is -0.342 e. The van der Waals surface area contributed by atoms with Crippen molar-refractivity contribution >= 4 is 18.3 Å². The number of hydrogen-bond donors (Lipinski definition) is 1. The lowest BCUT2D eigenvalue weighted by Crippen LogP contribution is -2.52. The number of carbonyl (C=O) groups is 1. The molecule has 1 amide bonds. The van der Waals surface area contributed by atoms with Gasteiger partial charge in [0.15, 0.2) is 0 Å². The van der Waals surface area contributed by atoms with Crippen LogP contribution in [0.15, 0.2) is 24.3 Å². The average molecular weight is 337 g/mol. The summed E-state index contributed by atoms with van der Waals surface area (Å²) in [7, 11) is 0. The SMILES string of the molecule is Cc1ccccc1C1(C(=O)N2CCC(N)CC2)CCCCC1.Cl. The summed E-state index contributed by atoms with van der Waals surface area (Å²) < 4.78 is 0. The topological polar surface area (TPSA) is 46.3 Å². The van der Waals surface area contributed by atoms with Gasteiger partial charge < -0.3 is 10.6 Å². The van der Waals surface area contributed by atoms with Crippen LogP contribution in [0.4, 0.5) is 0 Å². The van der Waals surface area contributed by atoms with Crippen molar-refractivity contribution in [3.05, 3.63) is 35.4 Å². The van der Waals surface area contributed by atoms with E-state index in [2.05, 4.69) is 36.1 Å². The van der Waals surface area contributed by atoms with Crippen molar-refractivity contribution in [1.29, 1.82) is 0 Å². The lowest BCUT2D eigenvalue weighted by molar-refractivity contribution is -0.140. The van der Waals surface area contributed by atoms with Crippen molar-refractivity contribution < 1.29 is 4.79 Å². The molecule has 1 aromatic carbocycles. The smallest absolute Gasteiger partial charge is 0.233 e. The molecule has 2 N–H and O–H groups in total. The third-order valence-electron chi connectivity index (χ3n) is 5.60. The molecular weight excluding hydrogens is 308 g/mol. The standard InChI is InChI=1S/C19H28N2O.ClH/c1-15-7-3-4-8-17(15)19(11-5-2-6-12-19)18(22)21-13-9-16(20)10-14-21;/h3-4,7-8,16H,2,5-6,9-14,20H2,1H3;1H. The van der Waals surface area contributed by atoms with Crippen LogP contribution in [0.25, 0.3) is 0 Å². The van der Waals surface area contributed by atoms with Crippen molar-refractivity contribution in [2.75, 3.05) is 13.1 Å². The van der Waals surface area contributed by atoms with Gasteiger partial charge in [0.05, 0.1) is 5.41 Å². The van der Waals surface area contributed by atoms with E-state index in [9.17, 15) is 4.79 Å². The number of carbonyl (C=O) groups excluding carboxylic acids is 1. The van der Waals surface area contributed by atoms with Gasteiger partial charge in [-0.3, -0.25) is 4.79 Å². The Labute approximate surface area is 146 Å². The van der Waals surface area contributed by atoms with E-state index < -0.39 is 0 Å². The molecule has 0 atom stereocenters. The molecule has 1 saturated heterocycles. The second kappa shape index (κ2) is 7.67. The zero-order valence-corrected chi connectivity index (χ0v) is 14.9. The van der Waals surface area contributed by atoms with E-state index in [1.165, 1.54) is 17.5 Å². The van der Waals surface area contributed by atoms with Gasteiger partial charge >= 0.3 is 0 Å². The van der Waals surface area contributed by atoms with E-state index in [0.29, 0.717) is 5.91 Å². The number of likely N-dealkylation sites (tertiary alicyclic amines) is 1. The van der Waals surface area contributed by atoms with Crippen LogP contribution in [-0.2, 0) is 10.2 Å². The summed E-state index contributed by atoms with van der Waals surface area (Å²) in [5, 5.41) is 0. The van der Waals surface area contributed by atoms with Crippen LogP contribution < -0.4 is 5.73 Å². The molecule has 2 aliphatic rings. The Kier molecular flexibility index (Phi) is 6.10. The predicted molar refractivity (Wildman–Crippen MR) is 97.0 cm³/mol. The van der Waals surface area contributed by atoms with Gasteiger partial charge in [-0.15, -0.1) is 12.4 Å². The normalized spacial score (nSPS) is 21.6. The first-order valence-corrected chi connectivity index (χ1v) is 8.74. The summed E-state index contributed by atoms with van der Waals surface area (Å²) in [6.07, 6.45) is 7.45. The number of nitrogens with zero attached hydrogens (tertiary/aromatic N) is 1. The quantitative estimate of drug-likeness (QED) is 0.897. The molecular formula is C19H29ClN2O. The Bertz CT molecular complexity index is 532. The van der Waals surface area contributed by atoms with Crippen LogP contribution in [0.2, 0.25) is 0 Å². The third kappa shape index (κ3) is 3.56. The van der Waals surface area contributed by atoms with Gasteiger partial charge in [-0.1, -0.05) is 43.5 Å². The van der Waals surface area contributed by atoms with Gasteiger partial charge in [-0.05, 0) is 43.7 Å². The summed E-state index contributed by atoms with van der Waals surface area (Å²) in [5.41, 5.74) is 8.23. The minimum atomic E-state index is -0.287. The fourth-order valence-corrected chi connectivity index (χ4v) is 4.27. The van der Waals surface area contributed by atoms with E-state index in [1.807, 2.05) is 0 Å². The Morgan fingerprint density at radius 1 is 1.13 bits per heavy atom. The van der Waals surface area contributed by atoms with E-state index in [4.69, 9.17) is 5.73 Å². The Balaban J connectivity index is 0.00000192. The minimum absolute atomic E-state index is 0. The molecule has 0 unspecified atom stereocenters. The summed E-state index contributed by atoms with van der Waals surface area (Å²) in [5.74, 6) is 0.355. The molecule has 0 radical (unpaired) electrons. The Morgan fingerprint density at radius 3 is 2.35 bits per heavy atom. The maximum absolute atomic E-state index is 13.4. The number of piperidine rings is 1. The third-order valence-corrected chi connectivity index (χ3v) is 5.60. The van der Waals surface area contributed by atoms with Crippen LogP contribution in [0.5, 0.6) is 0 Å². The highest BCUT2D eigenvalue weighted by molar-refractivity contribution is 5.89. The number of aryl methyl sites for hydroxylation is 1. The van der Waals surface area contributed by atoms with Crippen molar-refractivity contribution in [2.45, 2.75) is 63.3 Å². The highest BCUT2D eigenvalue weighted by Crippen LogP contribution is 2.42. The van der Waals surface area contributed by atoms with E-state index in [-0.39, 0.29) is 23.9 Å². The largest absolute Gasteiger partial charge is 0.342 e. The van der Waals surface area contributed by atoms with Gasteiger partial charge in [0.1, 0.15) is 0 Å². The number of halogens is 1. The van der Waals surface area contributed by atoms with E-state index in [1.54, 1.807) is 0 Å².